The normalized spacial score (nSPS) is 21.8. The number of quaternary nitrogens is 2. The fourth-order valence-electron chi connectivity index (χ4n) is 2.57. The van der Waals surface area contributed by atoms with Gasteiger partial charge in [0.1, 0.15) is 32.7 Å². The fraction of sp³-hybridized carbons (Fsp3) is 0.400. The number of carbonyl (C=O) groups is 1. The average molecular weight is 330 g/mol. The van der Waals surface area contributed by atoms with Crippen molar-refractivity contribution in [2.75, 3.05) is 44.6 Å². The number of halogens is 2. The van der Waals surface area contributed by atoms with Gasteiger partial charge in [0.15, 0.2) is 6.54 Å². The summed E-state index contributed by atoms with van der Waals surface area (Å²) in [4.78, 5) is 14.8. The number of hydrogen-bond acceptors (Lipinski definition) is 1. The lowest BCUT2D eigenvalue weighted by Gasteiger charge is -2.29. The van der Waals surface area contributed by atoms with Gasteiger partial charge in [-0.1, -0.05) is 41.9 Å². The molecule has 1 aromatic carbocycles. The van der Waals surface area contributed by atoms with Gasteiger partial charge in [0, 0.05) is 0 Å². The van der Waals surface area contributed by atoms with Crippen LogP contribution in [0.3, 0.4) is 0 Å². The Hall–Kier alpha value is -1.07. The number of amides is 1. The Kier molecular flexibility index (Phi) is 6.06. The van der Waals surface area contributed by atoms with Crippen molar-refractivity contribution in [1.82, 2.24) is 0 Å². The molecule has 1 fully saturated rings. The molecular formula is C15H21Cl2N3O+2. The maximum absolute atomic E-state index is 12.1. The minimum atomic E-state index is 0.00306. The molecule has 114 valence electrons. The zero-order valence-corrected chi connectivity index (χ0v) is 13.4. The molecule has 0 radical (unpaired) electrons. The first kappa shape index (κ1) is 16.3. The van der Waals surface area contributed by atoms with Crippen molar-refractivity contribution in [3.63, 3.8) is 0 Å². The largest absolute Gasteiger partial charge is 0.321 e. The minimum absolute atomic E-state index is 0.00306. The average Bonchev–Trinajstić information content (AvgIpc) is 2.43. The van der Waals surface area contributed by atoms with Crippen LogP contribution < -0.4 is 15.1 Å². The van der Waals surface area contributed by atoms with E-state index in [1.54, 1.807) is 6.07 Å². The van der Waals surface area contributed by atoms with E-state index in [-0.39, 0.29) is 5.91 Å². The smallest absolute Gasteiger partial charge is 0.279 e. The van der Waals surface area contributed by atoms with Gasteiger partial charge in [-0.05, 0) is 12.1 Å². The highest BCUT2D eigenvalue weighted by molar-refractivity contribution is 6.33. The van der Waals surface area contributed by atoms with Gasteiger partial charge in [-0.25, -0.2) is 0 Å². The second-order valence-corrected chi connectivity index (χ2v) is 6.34. The molecule has 1 heterocycles. The molecule has 6 heteroatoms. The van der Waals surface area contributed by atoms with Crippen LogP contribution in [0.1, 0.15) is 0 Å². The predicted octanol–water partition coefficient (Wildman–Crippen LogP) is -0.186. The Balaban J connectivity index is 1.77. The predicted molar refractivity (Wildman–Crippen MR) is 86.2 cm³/mol. The number of para-hydroxylation sites is 1. The van der Waals surface area contributed by atoms with Crippen LogP contribution in [-0.4, -0.2) is 45.2 Å². The zero-order chi connectivity index (χ0) is 15.2. The van der Waals surface area contributed by atoms with Crippen LogP contribution in [0.25, 0.3) is 0 Å². The van der Waals surface area contributed by atoms with Gasteiger partial charge in [-0.2, -0.15) is 0 Å². The Morgan fingerprint density at radius 2 is 1.71 bits per heavy atom. The highest BCUT2D eigenvalue weighted by Crippen LogP contribution is 2.19. The van der Waals surface area contributed by atoms with E-state index in [4.69, 9.17) is 23.2 Å². The van der Waals surface area contributed by atoms with Gasteiger partial charge < -0.3 is 15.1 Å². The minimum Gasteiger partial charge on any atom is -0.321 e. The van der Waals surface area contributed by atoms with E-state index in [9.17, 15) is 4.79 Å². The second-order valence-electron chi connectivity index (χ2n) is 5.40. The van der Waals surface area contributed by atoms with E-state index in [0.29, 0.717) is 22.3 Å². The molecule has 1 aromatic rings. The number of anilines is 1. The molecule has 2 rings (SSSR count). The third kappa shape index (κ3) is 5.32. The Morgan fingerprint density at radius 3 is 2.29 bits per heavy atom. The van der Waals surface area contributed by atoms with Crippen molar-refractivity contribution in [2.24, 2.45) is 0 Å². The molecular weight excluding hydrogens is 309 g/mol. The molecule has 0 unspecified atom stereocenters. The molecule has 0 saturated carbocycles. The molecule has 1 aliphatic rings. The fourth-order valence-corrected chi connectivity index (χ4v) is 2.94. The van der Waals surface area contributed by atoms with Crippen LogP contribution >= 0.6 is 23.2 Å². The molecule has 1 aliphatic heterocycles. The lowest BCUT2D eigenvalue weighted by atomic mass is 10.3. The molecule has 1 amide bonds. The standard InChI is InChI=1S/C15H19Cl2N3O/c1-12(16)10-19-6-8-20(9-7-19)11-15(21)18-14-5-3-2-4-13(14)17/h2-5H,1,6-11H2,(H,18,21)/p+2. The number of rotatable bonds is 5. The van der Waals surface area contributed by atoms with Crippen LogP contribution in [0.5, 0.6) is 0 Å². The highest BCUT2D eigenvalue weighted by atomic mass is 35.5. The van der Waals surface area contributed by atoms with Gasteiger partial charge in [0.05, 0.1) is 15.7 Å². The summed E-state index contributed by atoms with van der Waals surface area (Å²) in [5.41, 5.74) is 0.672. The SMILES string of the molecule is C=C(Cl)C[NH+]1CC[NH+](CC(=O)Nc2ccccc2Cl)CC1. The summed E-state index contributed by atoms with van der Waals surface area (Å²) >= 11 is 11.9. The molecule has 1 saturated heterocycles. The van der Waals surface area contributed by atoms with E-state index < -0.39 is 0 Å². The van der Waals surface area contributed by atoms with Crippen LogP contribution in [0.4, 0.5) is 5.69 Å². The van der Waals surface area contributed by atoms with Crippen molar-refractivity contribution in [3.05, 3.63) is 40.9 Å². The molecule has 3 N–H and O–H groups in total. The lowest BCUT2D eigenvalue weighted by molar-refractivity contribution is -1.01. The summed E-state index contributed by atoms with van der Waals surface area (Å²) in [5.74, 6) is 0.00306. The second kappa shape index (κ2) is 7.80. The van der Waals surface area contributed by atoms with E-state index in [1.807, 2.05) is 18.2 Å². The van der Waals surface area contributed by atoms with Crippen molar-refractivity contribution in [2.45, 2.75) is 0 Å². The summed E-state index contributed by atoms with van der Waals surface area (Å²) < 4.78 is 0. The zero-order valence-electron chi connectivity index (χ0n) is 11.9. The van der Waals surface area contributed by atoms with Crippen molar-refractivity contribution < 1.29 is 14.6 Å². The molecule has 21 heavy (non-hydrogen) atoms. The van der Waals surface area contributed by atoms with Gasteiger partial charge >= 0.3 is 0 Å². The van der Waals surface area contributed by atoms with Crippen LogP contribution in [0.2, 0.25) is 5.02 Å². The van der Waals surface area contributed by atoms with Crippen LogP contribution in [0, 0.1) is 0 Å². The van der Waals surface area contributed by atoms with Gasteiger partial charge in [0.25, 0.3) is 5.91 Å². The van der Waals surface area contributed by atoms with Gasteiger partial charge in [0.2, 0.25) is 0 Å². The third-order valence-electron chi connectivity index (χ3n) is 3.66. The number of benzene rings is 1. The van der Waals surface area contributed by atoms with E-state index >= 15 is 0 Å². The molecule has 0 bridgehead atoms. The Bertz CT molecular complexity index is 513. The first-order valence-electron chi connectivity index (χ1n) is 7.09. The molecule has 0 aromatic heterocycles. The van der Waals surface area contributed by atoms with E-state index in [2.05, 4.69) is 11.9 Å². The summed E-state index contributed by atoms with van der Waals surface area (Å²) in [6.07, 6.45) is 0. The first-order chi connectivity index (χ1) is 10.0. The summed E-state index contributed by atoms with van der Waals surface area (Å²) in [6, 6.07) is 7.28. The topological polar surface area (TPSA) is 38.0 Å². The van der Waals surface area contributed by atoms with Crippen molar-refractivity contribution in [3.8, 4) is 0 Å². The molecule has 4 nitrogen and oxygen atoms in total. The maximum Gasteiger partial charge on any atom is 0.279 e. The molecule has 0 spiro atoms. The van der Waals surface area contributed by atoms with Crippen LogP contribution in [-0.2, 0) is 4.79 Å². The monoisotopic (exact) mass is 329 g/mol. The quantitative estimate of drug-likeness (QED) is 0.688. The van der Waals surface area contributed by atoms with Crippen molar-refractivity contribution in [1.29, 1.82) is 0 Å². The van der Waals surface area contributed by atoms with Crippen molar-refractivity contribution >= 4 is 34.8 Å². The Labute approximate surface area is 135 Å². The summed E-state index contributed by atoms with van der Waals surface area (Å²) in [5, 5.41) is 4.13. The number of nitrogens with one attached hydrogen (secondary N) is 3. The number of carbonyl (C=O) groups excluding carboxylic acids is 1. The summed E-state index contributed by atoms with van der Waals surface area (Å²) in [6.45, 7) is 8.98. The van der Waals surface area contributed by atoms with Gasteiger partial charge in [-0.15, -0.1) is 0 Å². The molecule has 0 atom stereocenters. The first-order valence-corrected chi connectivity index (χ1v) is 7.85. The lowest BCUT2D eigenvalue weighted by Crippen LogP contribution is -3.28. The van der Waals surface area contributed by atoms with E-state index in [0.717, 1.165) is 32.7 Å². The summed E-state index contributed by atoms with van der Waals surface area (Å²) in [7, 11) is 0. The number of piperazine rings is 1. The van der Waals surface area contributed by atoms with Gasteiger partial charge in [-0.3, -0.25) is 4.79 Å². The highest BCUT2D eigenvalue weighted by Gasteiger charge is 2.24. The number of hydrogen-bond donors (Lipinski definition) is 3. The Morgan fingerprint density at radius 1 is 1.14 bits per heavy atom. The van der Waals surface area contributed by atoms with Crippen LogP contribution in [0.15, 0.2) is 35.9 Å². The molecule has 0 aliphatic carbocycles. The maximum atomic E-state index is 12.1. The third-order valence-corrected chi connectivity index (χ3v) is 4.13. The van der Waals surface area contributed by atoms with E-state index in [1.165, 1.54) is 9.80 Å².